The third kappa shape index (κ3) is 3.29. The fourth-order valence-electron chi connectivity index (χ4n) is 3.91. The smallest absolute Gasteiger partial charge is 0.254 e. The third-order valence-electron chi connectivity index (χ3n) is 5.66. The highest BCUT2D eigenvalue weighted by atomic mass is 16.2. The Morgan fingerprint density at radius 2 is 1.92 bits per heavy atom. The van der Waals surface area contributed by atoms with E-state index in [1.165, 1.54) is 12.8 Å². The summed E-state index contributed by atoms with van der Waals surface area (Å²) in [6.07, 6.45) is 4.61. The Hall–Kier alpha value is -1.91. The van der Waals surface area contributed by atoms with Gasteiger partial charge in [-0.15, -0.1) is 0 Å². The highest BCUT2D eigenvalue weighted by Gasteiger charge is 2.28. The van der Waals surface area contributed by atoms with Crippen LogP contribution in [0.15, 0.2) is 6.07 Å². The highest BCUT2D eigenvalue weighted by Crippen LogP contribution is 2.30. The van der Waals surface area contributed by atoms with Gasteiger partial charge in [0, 0.05) is 25.8 Å². The molecule has 0 aliphatic heterocycles. The van der Waals surface area contributed by atoms with E-state index in [4.69, 9.17) is 4.98 Å². The Balaban J connectivity index is 2.02. The van der Waals surface area contributed by atoms with E-state index in [1.807, 2.05) is 32.0 Å². The lowest BCUT2D eigenvalue weighted by Gasteiger charge is -2.33. The van der Waals surface area contributed by atoms with Gasteiger partial charge in [-0.25, -0.2) is 4.98 Å². The number of nitrogens with zero attached hydrogens (tertiary/aromatic N) is 4. The number of amides is 1. The zero-order valence-corrected chi connectivity index (χ0v) is 16.3. The fraction of sp³-hybridized carbons (Fsp3) is 0.650. The van der Waals surface area contributed by atoms with Crippen molar-refractivity contribution < 1.29 is 4.79 Å². The number of carbonyl (C=O) groups excluding carboxylic acids is 1. The molecule has 2 aromatic rings. The summed E-state index contributed by atoms with van der Waals surface area (Å²) in [5, 5.41) is 5.40. The standard InChI is InChI=1S/C20H30N4O/c1-12(2)17-11-16(18-14(4)22-24(6)19(18)21-17)20(25)23(5)15-9-7-13(3)8-10-15/h11-13,15H,7-10H2,1-6H3. The summed E-state index contributed by atoms with van der Waals surface area (Å²) >= 11 is 0. The predicted octanol–water partition coefficient (Wildman–Crippen LogP) is 4.05. The van der Waals surface area contributed by atoms with Crippen molar-refractivity contribution in [3.05, 3.63) is 23.0 Å². The maximum atomic E-state index is 13.3. The molecule has 25 heavy (non-hydrogen) atoms. The monoisotopic (exact) mass is 342 g/mol. The molecule has 1 aliphatic carbocycles. The number of carbonyl (C=O) groups is 1. The van der Waals surface area contributed by atoms with E-state index in [1.54, 1.807) is 4.68 Å². The van der Waals surface area contributed by atoms with Crippen LogP contribution in [0, 0.1) is 12.8 Å². The van der Waals surface area contributed by atoms with Gasteiger partial charge in [0.05, 0.1) is 16.6 Å². The number of aromatic nitrogens is 3. The van der Waals surface area contributed by atoms with Gasteiger partial charge in [-0.2, -0.15) is 5.10 Å². The molecule has 1 amide bonds. The molecular weight excluding hydrogens is 312 g/mol. The molecule has 5 nitrogen and oxygen atoms in total. The topological polar surface area (TPSA) is 51.0 Å². The van der Waals surface area contributed by atoms with Crippen LogP contribution in [0.4, 0.5) is 0 Å². The van der Waals surface area contributed by atoms with Gasteiger partial charge in [0.25, 0.3) is 5.91 Å². The van der Waals surface area contributed by atoms with Crippen molar-refractivity contribution in [3.8, 4) is 0 Å². The normalized spacial score (nSPS) is 21.1. The van der Waals surface area contributed by atoms with Crippen LogP contribution in [0.1, 0.15) is 74.1 Å². The summed E-state index contributed by atoms with van der Waals surface area (Å²) in [6.45, 7) is 8.48. The van der Waals surface area contributed by atoms with E-state index in [0.717, 1.165) is 46.7 Å². The molecule has 2 aromatic heterocycles. The number of fused-ring (bicyclic) bond motifs is 1. The first-order valence-electron chi connectivity index (χ1n) is 9.41. The second-order valence-corrected chi connectivity index (χ2v) is 7.99. The first-order chi connectivity index (χ1) is 11.8. The van der Waals surface area contributed by atoms with E-state index < -0.39 is 0 Å². The molecule has 0 atom stereocenters. The maximum absolute atomic E-state index is 13.3. The molecule has 136 valence electrons. The van der Waals surface area contributed by atoms with Gasteiger partial charge in [-0.05, 0) is 50.5 Å². The number of aryl methyl sites for hydroxylation is 2. The lowest BCUT2D eigenvalue weighted by molar-refractivity contribution is 0.0681. The van der Waals surface area contributed by atoms with Crippen LogP contribution in [0.2, 0.25) is 0 Å². The van der Waals surface area contributed by atoms with Crippen molar-refractivity contribution in [2.75, 3.05) is 7.05 Å². The van der Waals surface area contributed by atoms with E-state index in [2.05, 4.69) is 25.9 Å². The molecule has 1 fully saturated rings. The zero-order valence-electron chi connectivity index (χ0n) is 16.3. The molecule has 3 rings (SSSR count). The van der Waals surface area contributed by atoms with Crippen LogP contribution in [0.5, 0.6) is 0 Å². The van der Waals surface area contributed by atoms with Gasteiger partial charge in [0.15, 0.2) is 5.65 Å². The van der Waals surface area contributed by atoms with Crippen LogP contribution >= 0.6 is 0 Å². The SMILES string of the molecule is Cc1nn(C)c2nc(C(C)C)cc(C(=O)N(C)C3CCC(C)CC3)c12. The van der Waals surface area contributed by atoms with Crippen molar-refractivity contribution in [2.24, 2.45) is 13.0 Å². The zero-order chi connectivity index (χ0) is 18.3. The molecule has 0 saturated heterocycles. The Kier molecular flexibility index (Phi) is 4.85. The van der Waals surface area contributed by atoms with E-state index in [9.17, 15) is 4.79 Å². The number of hydrogen-bond donors (Lipinski definition) is 0. The number of hydrogen-bond acceptors (Lipinski definition) is 3. The molecule has 1 saturated carbocycles. The van der Waals surface area contributed by atoms with Gasteiger partial charge < -0.3 is 4.90 Å². The van der Waals surface area contributed by atoms with Crippen molar-refractivity contribution >= 4 is 16.9 Å². The van der Waals surface area contributed by atoms with E-state index >= 15 is 0 Å². The summed E-state index contributed by atoms with van der Waals surface area (Å²) in [4.78, 5) is 20.0. The lowest BCUT2D eigenvalue weighted by atomic mass is 9.86. The summed E-state index contributed by atoms with van der Waals surface area (Å²) in [6, 6.07) is 2.32. The second-order valence-electron chi connectivity index (χ2n) is 7.99. The molecular formula is C20H30N4O. The Labute approximate surface area is 150 Å². The van der Waals surface area contributed by atoms with Crippen LogP contribution in [0.3, 0.4) is 0 Å². The fourth-order valence-corrected chi connectivity index (χ4v) is 3.91. The van der Waals surface area contributed by atoms with Crippen molar-refractivity contribution in [1.29, 1.82) is 0 Å². The first-order valence-corrected chi connectivity index (χ1v) is 9.41. The first kappa shape index (κ1) is 17.9. The lowest BCUT2D eigenvalue weighted by Crippen LogP contribution is -2.39. The van der Waals surface area contributed by atoms with Crippen molar-refractivity contribution in [2.45, 2.75) is 65.3 Å². The summed E-state index contributed by atoms with van der Waals surface area (Å²) < 4.78 is 1.79. The van der Waals surface area contributed by atoms with Crippen LogP contribution in [-0.2, 0) is 7.05 Å². The summed E-state index contributed by atoms with van der Waals surface area (Å²) in [5.41, 5.74) is 3.37. The minimum absolute atomic E-state index is 0.102. The van der Waals surface area contributed by atoms with Gasteiger partial charge in [0.2, 0.25) is 0 Å². The molecule has 1 aliphatic rings. The second kappa shape index (κ2) is 6.77. The van der Waals surface area contributed by atoms with Gasteiger partial charge in [0.1, 0.15) is 0 Å². The molecule has 0 N–H and O–H groups in total. The molecule has 0 spiro atoms. The molecule has 0 aromatic carbocycles. The average Bonchev–Trinajstić information content (AvgIpc) is 2.88. The number of pyridine rings is 1. The molecule has 0 unspecified atom stereocenters. The predicted molar refractivity (Wildman–Crippen MR) is 101 cm³/mol. The summed E-state index contributed by atoms with van der Waals surface area (Å²) in [7, 11) is 3.85. The van der Waals surface area contributed by atoms with Gasteiger partial charge in [-0.3, -0.25) is 9.48 Å². The van der Waals surface area contributed by atoms with Crippen molar-refractivity contribution in [3.63, 3.8) is 0 Å². The van der Waals surface area contributed by atoms with Gasteiger partial charge in [-0.1, -0.05) is 20.8 Å². The Morgan fingerprint density at radius 1 is 1.28 bits per heavy atom. The van der Waals surface area contributed by atoms with Gasteiger partial charge >= 0.3 is 0 Å². The highest BCUT2D eigenvalue weighted by molar-refractivity contribution is 6.06. The van der Waals surface area contributed by atoms with Crippen LogP contribution < -0.4 is 0 Å². The quantitative estimate of drug-likeness (QED) is 0.845. The minimum Gasteiger partial charge on any atom is -0.339 e. The molecule has 0 radical (unpaired) electrons. The average molecular weight is 342 g/mol. The van der Waals surface area contributed by atoms with Crippen LogP contribution in [0.25, 0.3) is 11.0 Å². The molecule has 2 heterocycles. The summed E-state index contributed by atoms with van der Waals surface area (Å²) in [5.74, 6) is 1.15. The van der Waals surface area contributed by atoms with Crippen LogP contribution in [-0.4, -0.2) is 38.7 Å². The van der Waals surface area contributed by atoms with E-state index in [0.29, 0.717) is 6.04 Å². The largest absolute Gasteiger partial charge is 0.339 e. The Bertz CT molecular complexity index is 785. The van der Waals surface area contributed by atoms with E-state index in [-0.39, 0.29) is 11.8 Å². The molecule has 5 heteroatoms. The molecule has 0 bridgehead atoms. The third-order valence-corrected chi connectivity index (χ3v) is 5.66. The Morgan fingerprint density at radius 3 is 2.52 bits per heavy atom. The van der Waals surface area contributed by atoms with Crippen molar-refractivity contribution in [1.82, 2.24) is 19.7 Å². The maximum Gasteiger partial charge on any atom is 0.254 e. The number of rotatable bonds is 3. The minimum atomic E-state index is 0.102.